The van der Waals surface area contributed by atoms with Crippen molar-refractivity contribution in [2.75, 3.05) is 0 Å². The van der Waals surface area contributed by atoms with Gasteiger partial charge in [-0.2, -0.15) is 0 Å². The molecule has 5 heteroatoms. The molecule has 1 N–H and O–H groups in total. The fourth-order valence-corrected chi connectivity index (χ4v) is 1.70. The van der Waals surface area contributed by atoms with Crippen molar-refractivity contribution >= 4 is 11.3 Å². The summed E-state index contributed by atoms with van der Waals surface area (Å²) in [5.41, 5.74) is 2.35. The molecular weight excluding hydrogens is 186 g/mol. The van der Waals surface area contributed by atoms with Crippen LogP contribution in [-0.2, 0) is 7.05 Å². The third kappa shape index (κ3) is 1.61. The molecule has 0 saturated heterocycles. The first kappa shape index (κ1) is 8.40. The number of imidazole rings is 1. The number of hydrogen-bond donors (Lipinski definition) is 1. The van der Waals surface area contributed by atoms with Gasteiger partial charge in [-0.1, -0.05) is 0 Å². The lowest BCUT2D eigenvalue weighted by molar-refractivity contribution is 0.219. The zero-order valence-corrected chi connectivity index (χ0v) is 7.90. The first-order valence-corrected chi connectivity index (χ1v) is 4.69. The van der Waals surface area contributed by atoms with Crippen LogP contribution in [0.3, 0.4) is 0 Å². The first-order chi connectivity index (χ1) is 6.27. The highest BCUT2D eigenvalue weighted by Gasteiger charge is 2.13. The van der Waals surface area contributed by atoms with Crippen LogP contribution in [0.25, 0.3) is 0 Å². The Hall–Kier alpha value is -1.20. The topological polar surface area (TPSA) is 50.9 Å². The average molecular weight is 195 g/mol. The van der Waals surface area contributed by atoms with Crippen molar-refractivity contribution in [1.82, 2.24) is 14.5 Å². The number of aromatic nitrogens is 3. The Kier molecular flexibility index (Phi) is 2.12. The van der Waals surface area contributed by atoms with E-state index in [0.29, 0.717) is 5.69 Å². The molecule has 1 atom stereocenters. The largest absolute Gasteiger partial charge is 0.381 e. The van der Waals surface area contributed by atoms with Gasteiger partial charge in [-0.15, -0.1) is 11.3 Å². The van der Waals surface area contributed by atoms with Crippen molar-refractivity contribution in [3.8, 4) is 0 Å². The lowest BCUT2D eigenvalue weighted by Gasteiger charge is -2.02. The van der Waals surface area contributed by atoms with Gasteiger partial charge >= 0.3 is 0 Å². The number of aliphatic hydroxyl groups excluding tert-OH is 1. The molecule has 0 bridgehead atoms. The quantitative estimate of drug-likeness (QED) is 0.776. The summed E-state index contributed by atoms with van der Waals surface area (Å²) in [5.74, 6) is 0. The number of aryl methyl sites for hydroxylation is 1. The first-order valence-electron chi connectivity index (χ1n) is 3.81. The third-order valence-electron chi connectivity index (χ3n) is 1.73. The summed E-state index contributed by atoms with van der Waals surface area (Å²) in [4.78, 5) is 8.78. The SMILES string of the molecule is Cn1cnc(C(O)c2cncs2)c1. The van der Waals surface area contributed by atoms with Crippen LogP contribution in [0.4, 0.5) is 0 Å². The molecular formula is C8H9N3OS. The molecule has 1 unspecified atom stereocenters. The summed E-state index contributed by atoms with van der Waals surface area (Å²) in [6.45, 7) is 0. The Bertz CT molecular complexity index is 382. The predicted octanol–water partition coefficient (Wildman–Crippen LogP) is 0.958. The Labute approximate surface area is 79.5 Å². The number of aliphatic hydroxyl groups is 1. The van der Waals surface area contributed by atoms with Crippen LogP contribution in [0.1, 0.15) is 16.7 Å². The van der Waals surface area contributed by atoms with Crippen LogP contribution < -0.4 is 0 Å². The minimum atomic E-state index is -0.645. The second kappa shape index (κ2) is 3.27. The lowest BCUT2D eigenvalue weighted by Crippen LogP contribution is -1.96. The van der Waals surface area contributed by atoms with Crippen molar-refractivity contribution < 1.29 is 5.11 Å². The maximum atomic E-state index is 9.79. The van der Waals surface area contributed by atoms with Crippen LogP contribution in [0.15, 0.2) is 24.2 Å². The maximum absolute atomic E-state index is 9.79. The molecule has 68 valence electrons. The van der Waals surface area contributed by atoms with Gasteiger partial charge in [0.2, 0.25) is 0 Å². The Balaban J connectivity index is 2.28. The number of thiazole rings is 1. The van der Waals surface area contributed by atoms with E-state index >= 15 is 0 Å². The van der Waals surface area contributed by atoms with Gasteiger partial charge in [-0.05, 0) is 0 Å². The summed E-state index contributed by atoms with van der Waals surface area (Å²) in [7, 11) is 1.87. The van der Waals surface area contributed by atoms with E-state index in [1.165, 1.54) is 11.3 Å². The lowest BCUT2D eigenvalue weighted by atomic mass is 10.2. The molecule has 4 nitrogen and oxygen atoms in total. The van der Waals surface area contributed by atoms with E-state index in [1.54, 1.807) is 28.8 Å². The molecule has 2 aromatic rings. The van der Waals surface area contributed by atoms with Gasteiger partial charge in [0, 0.05) is 19.4 Å². The molecule has 13 heavy (non-hydrogen) atoms. The van der Waals surface area contributed by atoms with E-state index in [-0.39, 0.29) is 0 Å². The molecule has 0 aromatic carbocycles. The molecule has 0 aliphatic heterocycles. The van der Waals surface area contributed by atoms with Crippen LogP contribution >= 0.6 is 11.3 Å². The molecule has 0 amide bonds. The minimum Gasteiger partial charge on any atom is -0.381 e. The van der Waals surface area contributed by atoms with Crippen LogP contribution in [0.5, 0.6) is 0 Å². The number of hydrogen-bond acceptors (Lipinski definition) is 4. The van der Waals surface area contributed by atoms with E-state index in [0.717, 1.165) is 4.88 Å². The highest BCUT2D eigenvalue weighted by atomic mass is 32.1. The van der Waals surface area contributed by atoms with E-state index in [4.69, 9.17) is 0 Å². The van der Waals surface area contributed by atoms with E-state index in [1.807, 2.05) is 7.05 Å². The fourth-order valence-electron chi connectivity index (χ4n) is 1.08. The Morgan fingerprint density at radius 3 is 3.00 bits per heavy atom. The highest BCUT2D eigenvalue weighted by molar-refractivity contribution is 7.09. The Morgan fingerprint density at radius 2 is 2.46 bits per heavy atom. The zero-order valence-electron chi connectivity index (χ0n) is 7.08. The van der Waals surface area contributed by atoms with Gasteiger partial charge < -0.3 is 9.67 Å². The van der Waals surface area contributed by atoms with Crippen molar-refractivity contribution in [3.05, 3.63) is 34.8 Å². The molecule has 0 spiro atoms. The third-order valence-corrected chi connectivity index (χ3v) is 2.55. The summed E-state index contributed by atoms with van der Waals surface area (Å²) in [5, 5.41) is 9.79. The Morgan fingerprint density at radius 1 is 1.62 bits per heavy atom. The average Bonchev–Trinajstić information content (AvgIpc) is 2.72. The molecule has 0 fully saturated rings. The summed E-state index contributed by atoms with van der Waals surface area (Å²) >= 11 is 1.42. The summed E-state index contributed by atoms with van der Waals surface area (Å²) in [6, 6.07) is 0. The van der Waals surface area contributed by atoms with Crippen LogP contribution in [0.2, 0.25) is 0 Å². The smallest absolute Gasteiger partial charge is 0.133 e. The van der Waals surface area contributed by atoms with Gasteiger partial charge in [0.25, 0.3) is 0 Å². The molecule has 0 saturated carbocycles. The van der Waals surface area contributed by atoms with Crippen molar-refractivity contribution in [2.45, 2.75) is 6.10 Å². The van der Waals surface area contributed by atoms with E-state index in [2.05, 4.69) is 9.97 Å². The van der Waals surface area contributed by atoms with Crippen LogP contribution in [0, 0.1) is 0 Å². The predicted molar refractivity (Wildman–Crippen MR) is 49.4 cm³/mol. The summed E-state index contributed by atoms with van der Waals surface area (Å²) in [6.07, 6.45) is 4.47. The number of rotatable bonds is 2. The molecule has 0 aliphatic rings. The monoisotopic (exact) mass is 195 g/mol. The number of nitrogens with zero attached hydrogens (tertiary/aromatic N) is 3. The minimum absolute atomic E-state index is 0.645. The normalized spacial score (nSPS) is 13.1. The van der Waals surface area contributed by atoms with Gasteiger partial charge in [-0.25, -0.2) is 4.98 Å². The second-order valence-electron chi connectivity index (χ2n) is 2.77. The highest BCUT2D eigenvalue weighted by Crippen LogP contribution is 2.22. The van der Waals surface area contributed by atoms with Crippen molar-refractivity contribution in [2.24, 2.45) is 7.05 Å². The molecule has 0 radical (unpaired) electrons. The van der Waals surface area contributed by atoms with E-state index < -0.39 is 6.10 Å². The van der Waals surface area contributed by atoms with Crippen molar-refractivity contribution in [3.63, 3.8) is 0 Å². The van der Waals surface area contributed by atoms with Gasteiger partial charge in [-0.3, -0.25) is 4.98 Å². The fraction of sp³-hybridized carbons (Fsp3) is 0.250. The van der Waals surface area contributed by atoms with Crippen molar-refractivity contribution in [1.29, 1.82) is 0 Å². The second-order valence-corrected chi connectivity index (χ2v) is 3.69. The zero-order chi connectivity index (χ0) is 9.26. The summed E-state index contributed by atoms with van der Waals surface area (Å²) < 4.78 is 1.81. The molecule has 2 heterocycles. The van der Waals surface area contributed by atoms with E-state index in [9.17, 15) is 5.11 Å². The molecule has 2 rings (SSSR count). The van der Waals surface area contributed by atoms with Gasteiger partial charge in [0.1, 0.15) is 6.10 Å². The molecule has 0 aliphatic carbocycles. The maximum Gasteiger partial charge on any atom is 0.133 e. The van der Waals surface area contributed by atoms with Crippen LogP contribution in [-0.4, -0.2) is 19.6 Å². The van der Waals surface area contributed by atoms with Gasteiger partial charge in [0.15, 0.2) is 0 Å². The molecule has 2 aromatic heterocycles. The van der Waals surface area contributed by atoms with Gasteiger partial charge in [0.05, 0.1) is 22.4 Å². The standard InChI is InChI=1S/C8H9N3OS/c1-11-3-6(10-4-11)8(12)7-2-9-5-13-7/h2-5,8,12H,1H3.